The van der Waals surface area contributed by atoms with Crippen LogP contribution in [0.1, 0.15) is 28.8 Å². The van der Waals surface area contributed by atoms with Crippen LogP contribution in [-0.2, 0) is 0 Å². The highest BCUT2D eigenvalue weighted by molar-refractivity contribution is 6.07. The van der Waals surface area contributed by atoms with Crippen LogP contribution in [0.25, 0.3) is 0 Å². The van der Waals surface area contributed by atoms with Gasteiger partial charge >= 0.3 is 0 Å². The molecule has 3 aromatic rings. The van der Waals surface area contributed by atoms with Gasteiger partial charge in [-0.25, -0.2) is 0 Å². The summed E-state index contributed by atoms with van der Waals surface area (Å²) in [5, 5.41) is 36.3. The van der Waals surface area contributed by atoms with Gasteiger partial charge in [0, 0.05) is 67.7 Å². The van der Waals surface area contributed by atoms with E-state index in [1.165, 1.54) is 31.2 Å². The number of carbonyl (C=O) groups excluding carboxylic acids is 1. The van der Waals surface area contributed by atoms with Crippen molar-refractivity contribution >= 4 is 35.1 Å². The van der Waals surface area contributed by atoms with Gasteiger partial charge in [-0.2, -0.15) is 15.0 Å². The monoisotopic (exact) mass is 579 g/mol. The van der Waals surface area contributed by atoms with Gasteiger partial charge in [-0.1, -0.05) is 0 Å². The first-order valence-electron chi connectivity index (χ1n) is 13.7. The van der Waals surface area contributed by atoms with Crippen molar-refractivity contribution in [3.63, 3.8) is 0 Å². The maximum atomic E-state index is 12.7. The number of phenolic OH excluding ortho intramolecular Hbond substituents is 3. The molecule has 42 heavy (non-hydrogen) atoms. The fourth-order valence-electron chi connectivity index (χ4n) is 5.28. The standard InChI is InChI=1S/C27H37N11O4/c1-13-21(39)5-3-19(23(13)41)24(42)33-20-4-2-18(8-22(20)40)32-25-34-26(37-9-14(28)6-15(29)10-37)36-27(35-25)38-11-16(30)7-17(31)12-38/h2-5,8,14-17,39-41H,6-7,9-12,28-31H2,1H3,(H,33,42)(H,32,34,35,36)/t14-,15+,16-,17+. The van der Waals surface area contributed by atoms with E-state index in [0.29, 0.717) is 56.6 Å². The van der Waals surface area contributed by atoms with Gasteiger partial charge in [0.15, 0.2) is 0 Å². The van der Waals surface area contributed by atoms with Crippen molar-refractivity contribution in [3.8, 4) is 17.2 Å². The van der Waals surface area contributed by atoms with Crippen LogP contribution in [0.5, 0.6) is 17.2 Å². The SMILES string of the molecule is Cc1c(O)ccc(C(=O)Nc2ccc(Nc3nc(N4C[C@H](N)C[C@H](N)C4)nc(N4C[C@H](N)C[C@H](N)C4)n3)cc2O)c1O. The second kappa shape index (κ2) is 11.8. The molecule has 1 aromatic heterocycles. The molecule has 15 heteroatoms. The predicted molar refractivity (Wildman–Crippen MR) is 159 cm³/mol. The molecule has 3 heterocycles. The van der Waals surface area contributed by atoms with E-state index in [9.17, 15) is 20.1 Å². The molecule has 2 aromatic carbocycles. The molecule has 2 saturated heterocycles. The van der Waals surface area contributed by atoms with Crippen molar-refractivity contribution in [1.82, 2.24) is 15.0 Å². The molecule has 1 amide bonds. The van der Waals surface area contributed by atoms with Gasteiger partial charge in [-0.15, -0.1) is 0 Å². The van der Waals surface area contributed by atoms with E-state index in [4.69, 9.17) is 27.9 Å². The van der Waals surface area contributed by atoms with Crippen LogP contribution in [0.2, 0.25) is 0 Å². The number of nitrogens with zero attached hydrogens (tertiary/aromatic N) is 5. The number of hydrogen-bond acceptors (Lipinski definition) is 14. The Morgan fingerprint density at radius 1 is 0.810 bits per heavy atom. The molecular formula is C27H37N11O4. The first-order valence-corrected chi connectivity index (χ1v) is 13.7. The molecule has 2 aliphatic heterocycles. The van der Waals surface area contributed by atoms with Gasteiger partial charge in [-0.05, 0) is 44.0 Å². The van der Waals surface area contributed by atoms with Crippen LogP contribution in [0.3, 0.4) is 0 Å². The van der Waals surface area contributed by atoms with E-state index in [1.807, 2.05) is 9.80 Å². The van der Waals surface area contributed by atoms with Gasteiger partial charge in [0.25, 0.3) is 5.91 Å². The fourth-order valence-corrected chi connectivity index (χ4v) is 5.28. The molecule has 2 aliphatic rings. The van der Waals surface area contributed by atoms with Crippen molar-refractivity contribution in [2.24, 2.45) is 22.9 Å². The van der Waals surface area contributed by atoms with E-state index < -0.39 is 5.91 Å². The normalized spacial score (nSPS) is 22.6. The van der Waals surface area contributed by atoms with E-state index in [0.717, 1.165) is 0 Å². The van der Waals surface area contributed by atoms with Crippen molar-refractivity contribution < 1.29 is 20.1 Å². The number of hydrogen-bond donors (Lipinski definition) is 9. The molecule has 0 spiro atoms. The third-order valence-electron chi connectivity index (χ3n) is 7.36. The lowest BCUT2D eigenvalue weighted by molar-refractivity contribution is 0.102. The van der Waals surface area contributed by atoms with Gasteiger partial charge in [-0.3, -0.25) is 4.79 Å². The zero-order valence-electron chi connectivity index (χ0n) is 23.2. The Kier molecular flexibility index (Phi) is 8.17. The summed E-state index contributed by atoms with van der Waals surface area (Å²) < 4.78 is 0. The lowest BCUT2D eigenvalue weighted by atomic mass is 10.0. The third-order valence-corrected chi connectivity index (χ3v) is 7.36. The van der Waals surface area contributed by atoms with Gasteiger partial charge in [0.05, 0.1) is 11.3 Å². The molecule has 4 atom stereocenters. The summed E-state index contributed by atoms with van der Waals surface area (Å²) in [5.74, 6) is -0.359. The number of nitrogens with one attached hydrogen (secondary N) is 2. The number of carbonyl (C=O) groups is 1. The van der Waals surface area contributed by atoms with Crippen molar-refractivity contribution in [2.45, 2.75) is 43.9 Å². The Labute approximate surface area is 242 Å². The number of piperidine rings is 2. The fraction of sp³-hybridized carbons (Fsp3) is 0.407. The third kappa shape index (κ3) is 6.38. The molecular weight excluding hydrogens is 542 g/mol. The average molecular weight is 580 g/mol. The van der Waals surface area contributed by atoms with Crippen molar-refractivity contribution in [3.05, 3.63) is 41.5 Å². The number of aromatic hydroxyl groups is 3. The second-order valence-electron chi connectivity index (χ2n) is 11.0. The van der Waals surface area contributed by atoms with Gasteiger partial charge in [0.2, 0.25) is 17.8 Å². The van der Waals surface area contributed by atoms with Crippen LogP contribution >= 0.6 is 0 Å². The first kappa shape index (κ1) is 29.1. The molecule has 0 aliphatic carbocycles. The number of benzene rings is 2. The molecule has 0 unspecified atom stereocenters. The summed E-state index contributed by atoms with van der Waals surface area (Å²) in [5.41, 5.74) is 25.6. The zero-order valence-corrected chi connectivity index (χ0v) is 23.2. The van der Waals surface area contributed by atoms with Crippen LogP contribution < -0.4 is 43.4 Å². The second-order valence-corrected chi connectivity index (χ2v) is 11.0. The summed E-state index contributed by atoms with van der Waals surface area (Å²) in [6.45, 7) is 3.60. The minimum Gasteiger partial charge on any atom is -0.508 e. The Morgan fingerprint density at radius 2 is 1.36 bits per heavy atom. The predicted octanol–water partition coefficient (Wildman–Crippen LogP) is 0.0221. The number of nitrogens with two attached hydrogens (primary N) is 4. The highest BCUT2D eigenvalue weighted by Gasteiger charge is 2.29. The number of rotatable bonds is 6. The maximum Gasteiger partial charge on any atom is 0.259 e. The lowest BCUT2D eigenvalue weighted by Crippen LogP contribution is -2.54. The highest BCUT2D eigenvalue weighted by atomic mass is 16.3. The minimum atomic E-state index is -0.658. The van der Waals surface area contributed by atoms with Crippen LogP contribution in [-0.4, -0.2) is 86.5 Å². The minimum absolute atomic E-state index is 0.0496. The van der Waals surface area contributed by atoms with E-state index in [-0.39, 0.29) is 64.2 Å². The summed E-state index contributed by atoms with van der Waals surface area (Å²) in [6, 6.07) is 6.60. The van der Waals surface area contributed by atoms with E-state index >= 15 is 0 Å². The smallest absolute Gasteiger partial charge is 0.259 e. The first-order chi connectivity index (χ1) is 20.0. The van der Waals surface area contributed by atoms with E-state index in [2.05, 4.69) is 20.6 Å². The molecule has 0 bridgehead atoms. The summed E-state index contributed by atoms with van der Waals surface area (Å²) >= 11 is 0. The van der Waals surface area contributed by atoms with Crippen molar-refractivity contribution in [1.29, 1.82) is 0 Å². The van der Waals surface area contributed by atoms with E-state index in [1.54, 1.807) is 6.07 Å². The molecule has 2 fully saturated rings. The molecule has 5 rings (SSSR count). The topological polar surface area (TPSA) is 251 Å². The molecule has 224 valence electrons. The summed E-state index contributed by atoms with van der Waals surface area (Å²) in [6.07, 6.45) is 1.40. The number of amides is 1. The van der Waals surface area contributed by atoms with Gasteiger partial charge < -0.3 is 58.7 Å². The number of aromatic nitrogens is 3. The molecule has 13 N–H and O–H groups in total. The summed E-state index contributed by atoms with van der Waals surface area (Å²) in [7, 11) is 0. The average Bonchev–Trinajstić information content (AvgIpc) is 2.92. The Bertz CT molecular complexity index is 1410. The highest BCUT2D eigenvalue weighted by Crippen LogP contribution is 2.33. The Morgan fingerprint density at radius 3 is 1.88 bits per heavy atom. The van der Waals surface area contributed by atoms with Crippen LogP contribution in [0, 0.1) is 6.92 Å². The molecule has 15 nitrogen and oxygen atoms in total. The lowest BCUT2D eigenvalue weighted by Gasteiger charge is -2.37. The largest absolute Gasteiger partial charge is 0.508 e. The zero-order chi connectivity index (χ0) is 30.1. The Hall–Kier alpha value is -4.44. The molecule has 0 radical (unpaired) electrons. The molecule has 0 saturated carbocycles. The number of anilines is 5. The van der Waals surface area contributed by atoms with Gasteiger partial charge in [0.1, 0.15) is 17.2 Å². The maximum absolute atomic E-state index is 12.7. The van der Waals surface area contributed by atoms with Crippen molar-refractivity contribution in [2.75, 3.05) is 46.6 Å². The van der Waals surface area contributed by atoms with Crippen LogP contribution in [0.15, 0.2) is 30.3 Å². The number of phenols is 3. The summed E-state index contributed by atoms with van der Waals surface area (Å²) in [4.78, 5) is 30.5. The van der Waals surface area contributed by atoms with Crippen LogP contribution in [0.4, 0.5) is 29.2 Å². The Balaban J connectivity index is 1.40. The quantitative estimate of drug-likeness (QED) is 0.175.